The van der Waals surface area contributed by atoms with E-state index in [1.165, 1.54) is 18.3 Å². The molecule has 0 fully saturated rings. The highest BCUT2D eigenvalue weighted by molar-refractivity contribution is 7.89. The Labute approximate surface area is 147 Å². The maximum absolute atomic E-state index is 12.2. The number of benzene rings is 2. The van der Waals surface area contributed by atoms with Gasteiger partial charge in [0.2, 0.25) is 0 Å². The largest absolute Gasteiger partial charge is 0.465 e. The lowest BCUT2D eigenvalue weighted by molar-refractivity contribution is -0.143. The summed E-state index contributed by atoms with van der Waals surface area (Å²) >= 11 is 0. The topological polar surface area (TPSA) is 84.8 Å². The van der Waals surface area contributed by atoms with Crippen LogP contribution in [-0.4, -0.2) is 27.2 Å². The molecule has 0 aromatic heterocycles. The van der Waals surface area contributed by atoms with Crippen molar-refractivity contribution in [1.82, 2.24) is 4.83 Å². The highest BCUT2D eigenvalue weighted by Crippen LogP contribution is 2.16. The zero-order chi connectivity index (χ0) is 18.3. The van der Waals surface area contributed by atoms with Gasteiger partial charge in [0.1, 0.15) is 5.92 Å². The van der Waals surface area contributed by atoms with Crippen LogP contribution in [0.25, 0.3) is 0 Å². The molecule has 6 nitrogen and oxygen atoms in total. The van der Waals surface area contributed by atoms with Crippen molar-refractivity contribution >= 4 is 22.2 Å². The highest BCUT2D eigenvalue weighted by atomic mass is 32.2. The highest BCUT2D eigenvalue weighted by Gasteiger charge is 2.20. The van der Waals surface area contributed by atoms with Crippen LogP contribution in [0, 0.1) is 6.92 Å². The zero-order valence-corrected chi connectivity index (χ0v) is 14.9. The third kappa shape index (κ3) is 5.15. The molecular formula is C18H20N2O4S. The maximum Gasteiger partial charge on any atom is 0.318 e. The Morgan fingerprint density at radius 3 is 2.40 bits per heavy atom. The van der Waals surface area contributed by atoms with Gasteiger partial charge in [-0.25, -0.2) is 4.83 Å². The van der Waals surface area contributed by atoms with E-state index in [-0.39, 0.29) is 11.5 Å². The fourth-order valence-electron chi connectivity index (χ4n) is 2.12. The predicted molar refractivity (Wildman–Crippen MR) is 95.8 cm³/mol. The smallest absolute Gasteiger partial charge is 0.318 e. The van der Waals surface area contributed by atoms with Gasteiger partial charge in [0.15, 0.2) is 0 Å². The predicted octanol–water partition coefficient (Wildman–Crippen LogP) is 2.61. The minimum absolute atomic E-state index is 0.0997. The first-order valence-corrected chi connectivity index (χ1v) is 9.25. The first kappa shape index (κ1) is 18.7. The summed E-state index contributed by atoms with van der Waals surface area (Å²) in [7, 11) is -3.79. The van der Waals surface area contributed by atoms with E-state index < -0.39 is 21.9 Å². The van der Waals surface area contributed by atoms with E-state index in [1.807, 2.05) is 13.0 Å². The molecule has 0 aliphatic carbocycles. The van der Waals surface area contributed by atoms with Crippen LogP contribution in [0.2, 0.25) is 0 Å². The number of carbonyl (C=O) groups is 1. The number of hydrazone groups is 1. The Balaban J connectivity index is 2.18. The lowest BCUT2D eigenvalue weighted by Gasteiger charge is -2.11. The molecule has 132 valence electrons. The zero-order valence-electron chi connectivity index (χ0n) is 14.0. The van der Waals surface area contributed by atoms with Crippen LogP contribution in [0.1, 0.15) is 24.0 Å². The summed E-state index contributed by atoms with van der Waals surface area (Å²) in [6.45, 7) is 3.80. The van der Waals surface area contributed by atoms with Crippen LogP contribution < -0.4 is 4.83 Å². The third-order valence-corrected chi connectivity index (χ3v) is 4.67. The van der Waals surface area contributed by atoms with Crippen molar-refractivity contribution in [3.8, 4) is 0 Å². The van der Waals surface area contributed by atoms with Gasteiger partial charge in [-0.15, -0.1) is 0 Å². The second kappa shape index (κ2) is 8.43. The molecule has 2 rings (SSSR count). The molecule has 0 spiro atoms. The molecule has 0 radical (unpaired) electrons. The molecule has 1 unspecified atom stereocenters. The molecule has 0 aliphatic rings. The molecule has 2 aromatic rings. The van der Waals surface area contributed by atoms with Gasteiger partial charge in [-0.05, 0) is 31.5 Å². The van der Waals surface area contributed by atoms with E-state index in [1.54, 1.807) is 43.3 Å². The van der Waals surface area contributed by atoms with Gasteiger partial charge in [0, 0.05) is 6.21 Å². The van der Waals surface area contributed by atoms with E-state index >= 15 is 0 Å². The van der Waals surface area contributed by atoms with Gasteiger partial charge >= 0.3 is 5.97 Å². The minimum Gasteiger partial charge on any atom is -0.465 e. The number of sulfonamides is 1. The first-order valence-electron chi connectivity index (χ1n) is 7.77. The Kier molecular flexibility index (Phi) is 6.30. The fourth-order valence-corrected chi connectivity index (χ4v) is 2.92. The van der Waals surface area contributed by atoms with Gasteiger partial charge in [0.05, 0.1) is 11.5 Å². The lowest BCUT2D eigenvalue weighted by atomic mass is 10.0. The Morgan fingerprint density at radius 1 is 1.16 bits per heavy atom. The van der Waals surface area contributed by atoms with Crippen LogP contribution in [-0.2, 0) is 19.6 Å². The number of carbonyl (C=O) groups excluding carboxylic acids is 1. The minimum atomic E-state index is -3.79. The van der Waals surface area contributed by atoms with Crippen LogP contribution >= 0.6 is 0 Å². The number of nitrogens with zero attached hydrogens (tertiary/aromatic N) is 1. The van der Waals surface area contributed by atoms with Crippen LogP contribution in [0.4, 0.5) is 0 Å². The lowest BCUT2D eigenvalue weighted by Crippen LogP contribution is -2.22. The molecule has 0 saturated carbocycles. The maximum atomic E-state index is 12.2. The summed E-state index contributed by atoms with van der Waals surface area (Å²) in [5.41, 5.74) is 1.62. The Bertz CT molecular complexity index is 831. The monoisotopic (exact) mass is 360 g/mol. The van der Waals surface area contributed by atoms with E-state index in [2.05, 4.69) is 9.93 Å². The summed E-state index contributed by atoms with van der Waals surface area (Å²) in [6, 6.07) is 15.3. The van der Waals surface area contributed by atoms with Gasteiger partial charge in [-0.2, -0.15) is 13.5 Å². The number of aryl methyl sites for hydroxylation is 1. The Morgan fingerprint density at radius 2 is 1.80 bits per heavy atom. The van der Waals surface area contributed by atoms with E-state index in [0.717, 1.165) is 5.56 Å². The number of nitrogens with one attached hydrogen (secondary N) is 1. The molecular weight excluding hydrogens is 340 g/mol. The second-order valence-electron chi connectivity index (χ2n) is 5.33. The quantitative estimate of drug-likeness (QED) is 0.467. The van der Waals surface area contributed by atoms with E-state index in [9.17, 15) is 13.2 Å². The fraction of sp³-hybridized carbons (Fsp3) is 0.222. The van der Waals surface area contributed by atoms with Crippen molar-refractivity contribution in [3.05, 3.63) is 65.7 Å². The standard InChI is InChI=1S/C18H20N2O4S/c1-3-24-18(21)17(15-7-5-4-6-8-15)13-19-20-25(22,23)16-11-9-14(2)10-12-16/h4-13,17,20H,3H2,1-2H3/b19-13+. The molecule has 0 saturated heterocycles. The first-order chi connectivity index (χ1) is 11.9. The van der Waals surface area contributed by atoms with Crippen molar-refractivity contribution in [2.24, 2.45) is 5.10 Å². The number of esters is 1. The summed E-state index contributed by atoms with van der Waals surface area (Å²) in [5, 5.41) is 3.76. The van der Waals surface area contributed by atoms with Gasteiger partial charge in [-0.1, -0.05) is 48.0 Å². The molecule has 1 atom stereocenters. The average molecular weight is 360 g/mol. The van der Waals surface area contributed by atoms with Gasteiger partial charge in [-0.3, -0.25) is 4.79 Å². The van der Waals surface area contributed by atoms with Gasteiger partial charge in [0.25, 0.3) is 10.0 Å². The molecule has 1 N–H and O–H groups in total. The van der Waals surface area contributed by atoms with Gasteiger partial charge < -0.3 is 4.74 Å². The molecule has 0 heterocycles. The Hall–Kier alpha value is -2.67. The summed E-state index contributed by atoms with van der Waals surface area (Å²) < 4.78 is 29.5. The molecule has 7 heteroatoms. The van der Waals surface area contributed by atoms with Crippen molar-refractivity contribution in [2.75, 3.05) is 6.61 Å². The third-order valence-electron chi connectivity index (χ3n) is 3.43. The van der Waals surface area contributed by atoms with Crippen LogP contribution in [0.5, 0.6) is 0 Å². The summed E-state index contributed by atoms with van der Waals surface area (Å²) in [6.07, 6.45) is 1.24. The van der Waals surface area contributed by atoms with Crippen molar-refractivity contribution in [1.29, 1.82) is 0 Å². The SMILES string of the molecule is CCOC(=O)C(/C=N/NS(=O)(=O)c1ccc(C)cc1)c1ccccc1. The number of ether oxygens (including phenoxy) is 1. The molecule has 0 bridgehead atoms. The number of hydrogen-bond acceptors (Lipinski definition) is 5. The van der Waals surface area contributed by atoms with Crippen molar-refractivity contribution in [3.63, 3.8) is 0 Å². The van der Waals surface area contributed by atoms with Crippen molar-refractivity contribution < 1.29 is 17.9 Å². The normalized spacial score (nSPS) is 12.7. The molecule has 2 aromatic carbocycles. The van der Waals surface area contributed by atoms with Crippen molar-refractivity contribution in [2.45, 2.75) is 24.7 Å². The molecule has 25 heavy (non-hydrogen) atoms. The van der Waals surface area contributed by atoms with Crippen LogP contribution in [0.3, 0.4) is 0 Å². The number of hydrogen-bond donors (Lipinski definition) is 1. The van der Waals surface area contributed by atoms with E-state index in [0.29, 0.717) is 5.56 Å². The second-order valence-corrected chi connectivity index (χ2v) is 6.99. The molecule has 0 aliphatic heterocycles. The van der Waals surface area contributed by atoms with E-state index in [4.69, 9.17) is 4.74 Å². The molecule has 0 amide bonds. The van der Waals surface area contributed by atoms with Crippen LogP contribution in [0.15, 0.2) is 64.6 Å². The summed E-state index contributed by atoms with van der Waals surface area (Å²) in [5.74, 6) is -1.28. The summed E-state index contributed by atoms with van der Waals surface area (Å²) in [4.78, 5) is 14.3. The number of rotatable bonds is 7. The average Bonchev–Trinajstić information content (AvgIpc) is 2.60.